The summed E-state index contributed by atoms with van der Waals surface area (Å²) in [6.45, 7) is 1.77. The average Bonchev–Trinajstić information content (AvgIpc) is 2.86. The Bertz CT molecular complexity index is 627. The van der Waals surface area contributed by atoms with Gasteiger partial charge in [0.25, 0.3) is 5.91 Å². The van der Waals surface area contributed by atoms with Gasteiger partial charge in [-0.2, -0.15) is 0 Å². The van der Waals surface area contributed by atoms with Crippen LogP contribution in [0.15, 0.2) is 18.2 Å². The molecule has 2 fully saturated rings. The molecule has 0 unspecified atom stereocenters. The Morgan fingerprint density at radius 2 is 2.05 bits per heavy atom. The molecule has 2 heterocycles. The van der Waals surface area contributed by atoms with Gasteiger partial charge < -0.3 is 15.4 Å². The number of hydrogen-bond donors (Lipinski definition) is 2. The molecule has 1 aromatic carbocycles. The largest absolute Gasteiger partial charge is 0.380 e. The van der Waals surface area contributed by atoms with Gasteiger partial charge in [0.2, 0.25) is 5.91 Å². The minimum atomic E-state index is -0.0563. The molecule has 1 spiro atoms. The summed E-state index contributed by atoms with van der Waals surface area (Å²) in [5.74, 6) is -0.0981. The molecule has 5 heteroatoms. The zero-order chi connectivity index (χ0) is 15.2. The minimum Gasteiger partial charge on any atom is -0.380 e. The highest BCUT2D eigenvalue weighted by molar-refractivity contribution is 6.05. The van der Waals surface area contributed by atoms with Gasteiger partial charge in [-0.3, -0.25) is 9.59 Å². The van der Waals surface area contributed by atoms with Crippen LogP contribution in [0.25, 0.3) is 0 Å². The van der Waals surface area contributed by atoms with E-state index in [0.717, 1.165) is 50.1 Å². The number of hydrogen-bond acceptors (Lipinski definition) is 3. The Balaban J connectivity index is 1.43. The predicted molar refractivity (Wildman–Crippen MR) is 81.7 cm³/mol. The zero-order valence-corrected chi connectivity index (χ0v) is 12.5. The Morgan fingerprint density at radius 1 is 1.27 bits per heavy atom. The van der Waals surface area contributed by atoms with E-state index in [2.05, 4.69) is 10.6 Å². The van der Waals surface area contributed by atoms with Gasteiger partial charge in [-0.1, -0.05) is 6.07 Å². The number of fused-ring (bicyclic) bond motifs is 1. The van der Waals surface area contributed by atoms with Crippen LogP contribution in [-0.2, 0) is 16.0 Å². The first-order chi connectivity index (χ1) is 10.7. The van der Waals surface area contributed by atoms with Crippen LogP contribution in [0.1, 0.15) is 41.6 Å². The summed E-state index contributed by atoms with van der Waals surface area (Å²) in [5, 5.41) is 5.94. The summed E-state index contributed by atoms with van der Waals surface area (Å²) < 4.78 is 5.34. The first kappa shape index (κ1) is 13.8. The van der Waals surface area contributed by atoms with Crippen molar-refractivity contribution in [2.75, 3.05) is 18.5 Å². The van der Waals surface area contributed by atoms with Gasteiger partial charge in [0, 0.05) is 22.7 Å². The average molecular weight is 300 g/mol. The molecule has 0 atom stereocenters. The lowest BCUT2D eigenvalue weighted by Crippen LogP contribution is -2.49. The third-order valence-electron chi connectivity index (χ3n) is 5.23. The maximum Gasteiger partial charge on any atom is 0.251 e. The van der Waals surface area contributed by atoms with E-state index >= 15 is 0 Å². The number of carbonyl (C=O) groups excluding carboxylic acids is 2. The maximum absolute atomic E-state index is 12.5. The molecule has 2 aliphatic heterocycles. The first-order valence-electron chi connectivity index (χ1n) is 7.96. The molecule has 2 N–H and O–H groups in total. The topological polar surface area (TPSA) is 67.4 Å². The molecule has 1 aliphatic carbocycles. The van der Waals surface area contributed by atoms with Gasteiger partial charge >= 0.3 is 0 Å². The fourth-order valence-corrected chi connectivity index (χ4v) is 3.78. The Hall–Kier alpha value is -1.88. The number of nitrogens with one attached hydrogen (secondary N) is 2. The Morgan fingerprint density at radius 3 is 2.73 bits per heavy atom. The maximum atomic E-state index is 12.5. The highest BCUT2D eigenvalue weighted by Crippen LogP contribution is 2.42. The minimum absolute atomic E-state index is 0.0418. The van der Waals surface area contributed by atoms with Crippen molar-refractivity contribution in [3.63, 3.8) is 0 Å². The number of benzene rings is 1. The van der Waals surface area contributed by atoms with E-state index in [-0.39, 0.29) is 17.9 Å². The number of carbonyl (C=O) groups is 2. The quantitative estimate of drug-likeness (QED) is 0.876. The van der Waals surface area contributed by atoms with Crippen molar-refractivity contribution in [2.45, 2.75) is 38.1 Å². The molecule has 116 valence electrons. The van der Waals surface area contributed by atoms with Gasteiger partial charge in [0.05, 0.1) is 19.6 Å². The molecule has 0 bridgehead atoms. The van der Waals surface area contributed by atoms with E-state index in [4.69, 9.17) is 4.74 Å². The summed E-state index contributed by atoms with van der Waals surface area (Å²) in [5.41, 5.74) is 2.62. The fourth-order valence-electron chi connectivity index (χ4n) is 3.78. The normalized spacial score (nSPS) is 22.8. The van der Waals surface area contributed by atoms with Crippen molar-refractivity contribution in [1.29, 1.82) is 0 Å². The van der Waals surface area contributed by atoms with Crippen LogP contribution in [0, 0.1) is 5.41 Å². The van der Waals surface area contributed by atoms with Crippen molar-refractivity contribution in [3.8, 4) is 0 Å². The molecule has 2 amide bonds. The van der Waals surface area contributed by atoms with E-state index in [9.17, 15) is 9.59 Å². The van der Waals surface area contributed by atoms with Crippen LogP contribution < -0.4 is 10.6 Å². The lowest BCUT2D eigenvalue weighted by molar-refractivity contribution is -0.133. The van der Waals surface area contributed by atoms with Gasteiger partial charge in [0.15, 0.2) is 0 Å². The second-order valence-electron chi connectivity index (χ2n) is 6.80. The molecule has 3 aliphatic rings. The van der Waals surface area contributed by atoms with Crippen LogP contribution in [0.5, 0.6) is 0 Å². The molecule has 5 nitrogen and oxygen atoms in total. The van der Waals surface area contributed by atoms with E-state index in [1.54, 1.807) is 6.07 Å². The predicted octanol–water partition coefficient (Wildman–Crippen LogP) is 1.87. The summed E-state index contributed by atoms with van der Waals surface area (Å²) in [6, 6.07) is 5.71. The second-order valence-corrected chi connectivity index (χ2v) is 6.80. The van der Waals surface area contributed by atoms with Crippen molar-refractivity contribution >= 4 is 17.5 Å². The van der Waals surface area contributed by atoms with Crippen LogP contribution in [0.4, 0.5) is 5.69 Å². The lowest BCUT2D eigenvalue weighted by Gasteiger charge is -2.46. The molecule has 0 aromatic heterocycles. The van der Waals surface area contributed by atoms with Crippen LogP contribution in [0.2, 0.25) is 0 Å². The van der Waals surface area contributed by atoms with Crippen LogP contribution in [-0.4, -0.2) is 31.1 Å². The summed E-state index contributed by atoms with van der Waals surface area (Å²) >= 11 is 0. The third kappa shape index (κ3) is 2.29. The third-order valence-corrected chi connectivity index (χ3v) is 5.23. The monoisotopic (exact) mass is 300 g/mol. The highest BCUT2D eigenvalue weighted by atomic mass is 16.5. The number of ether oxygens (including phenoxy) is 1. The smallest absolute Gasteiger partial charge is 0.251 e. The fraction of sp³-hybridized carbons (Fsp3) is 0.529. The van der Waals surface area contributed by atoms with Crippen molar-refractivity contribution < 1.29 is 14.3 Å². The SMILES string of the molecule is O=C1Cc2c(cccc2C(=O)NC2CCC3(CC2)COC3)N1. The summed E-state index contributed by atoms with van der Waals surface area (Å²) in [6.07, 6.45) is 4.59. The molecule has 0 radical (unpaired) electrons. The van der Waals surface area contributed by atoms with Gasteiger partial charge in [-0.05, 0) is 43.4 Å². The number of amides is 2. The second kappa shape index (κ2) is 5.09. The molecule has 1 saturated carbocycles. The van der Waals surface area contributed by atoms with Crippen LogP contribution in [0.3, 0.4) is 0 Å². The van der Waals surface area contributed by atoms with Gasteiger partial charge in [-0.25, -0.2) is 0 Å². The molecule has 22 heavy (non-hydrogen) atoms. The van der Waals surface area contributed by atoms with E-state index in [1.807, 2.05) is 12.1 Å². The lowest BCUT2D eigenvalue weighted by atomic mass is 9.71. The molecule has 1 aromatic rings. The molecule has 4 rings (SSSR count). The highest BCUT2D eigenvalue weighted by Gasteiger charge is 2.41. The van der Waals surface area contributed by atoms with E-state index in [1.165, 1.54) is 0 Å². The van der Waals surface area contributed by atoms with E-state index < -0.39 is 0 Å². The molecule has 1 saturated heterocycles. The van der Waals surface area contributed by atoms with Crippen molar-refractivity contribution in [3.05, 3.63) is 29.3 Å². The summed E-state index contributed by atoms with van der Waals surface area (Å²) in [4.78, 5) is 24.1. The molecular weight excluding hydrogens is 280 g/mol. The van der Waals surface area contributed by atoms with Crippen molar-refractivity contribution in [2.24, 2.45) is 5.41 Å². The molecular formula is C17H20N2O3. The van der Waals surface area contributed by atoms with Gasteiger partial charge in [0.1, 0.15) is 0 Å². The Kier molecular flexibility index (Phi) is 3.18. The van der Waals surface area contributed by atoms with Crippen molar-refractivity contribution in [1.82, 2.24) is 5.32 Å². The van der Waals surface area contributed by atoms with Crippen LogP contribution >= 0.6 is 0 Å². The number of anilines is 1. The summed E-state index contributed by atoms with van der Waals surface area (Å²) in [7, 11) is 0. The Labute approximate surface area is 129 Å². The zero-order valence-electron chi connectivity index (χ0n) is 12.5. The standard InChI is InChI=1S/C17H20N2O3/c20-15-8-13-12(2-1-3-14(13)19-15)16(21)18-11-4-6-17(7-5-11)9-22-10-17/h1-3,11H,4-10H2,(H,18,21)(H,19,20). The van der Waals surface area contributed by atoms with E-state index in [0.29, 0.717) is 17.4 Å². The van der Waals surface area contributed by atoms with Gasteiger partial charge in [-0.15, -0.1) is 0 Å². The number of rotatable bonds is 2. The first-order valence-corrected chi connectivity index (χ1v) is 7.96.